The molecule has 0 aromatic heterocycles. The summed E-state index contributed by atoms with van der Waals surface area (Å²) in [6, 6.07) is 0. The minimum Gasteiger partial charge on any atom is -0.312 e. The molecule has 0 aliphatic carbocycles. The van der Waals surface area contributed by atoms with Gasteiger partial charge in [-0.05, 0) is 47.1 Å². The van der Waals surface area contributed by atoms with Crippen LogP contribution in [0.4, 0.5) is 0 Å². The smallest absolute Gasteiger partial charge is 0.0123 e. The van der Waals surface area contributed by atoms with Crippen LogP contribution in [0.3, 0.4) is 0 Å². The minimum absolute atomic E-state index is 0.238. The van der Waals surface area contributed by atoms with Crippen molar-refractivity contribution in [1.29, 1.82) is 0 Å². The zero-order valence-corrected chi connectivity index (χ0v) is 9.98. The quantitative estimate of drug-likeness (QED) is 0.402. The number of hydrogen-bond acceptors (Lipinski definition) is 1. The van der Waals surface area contributed by atoms with Crippen molar-refractivity contribution < 1.29 is 0 Å². The van der Waals surface area contributed by atoms with Gasteiger partial charge in [-0.15, -0.1) is 11.8 Å². The maximum atomic E-state index is 3.44. The van der Waals surface area contributed by atoms with Crippen molar-refractivity contribution in [2.45, 2.75) is 52.5 Å². The van der Waals surface area contributed by atoms with Gasteiger partial charge in [0, 0.05) is 12.0 Å². The van der Waals surface area contributed by atoms with Crippen molar-refractivity contribution >= 4 is 0 Å². The Hall–Kier alpha value is -0.740. The van der Waals surface area contributed by atoms with Crippen LogP contribution in [0, 0.1) is 11.8 Å². The molecule has 0 aromatic carbocycles. The Morgan fingerprint density at radius 3 is 2.36 bits per heavy atom. The summed E-state index contributed by atoms with van der Waals surface area (Å²) in [7, 11) is 0. The molecule has 0 bridgehead atoms. The highest BCUT2D eigenvalue weighted by Crippen LogP contribution is 1.98. The summed E-state index contributed by atoms with van der Waals surface area (Å²) < 4.78 is 0. The van der Waals surface area contributed by atoms with Crippen LogP contribution in [0.15, 0.2) is 12.2 Å². The Labute approximate surface area is 89.0 Å². The minimum atomic E-state index is 0.238. The van der Waals surface area contributed by atoms with E-state index in [1.54, 1.807) is 0 Å². The van der Waals surface area contributed by atoms with Crippen molar-refractivity contribution in [3.8, 4) is 11.8 Å². The summed E-state index contributed by atoms with van der Waals surface area (Å²) in [6.45, 7) is 9.51. The number of hydrogen-bond donors (Lipinski definition) is 1. The zero-order valence-electron chi connectivity index (χ0n) is 9.98. The van der Waals surface area contributed by atoms with E-state index >= 15 is 0 Å². The molecule has 0 aliphatic rings. The van der Waals surface area contributed by atoms with E-state index in [1.165, 1.54) is 0 Å². The van der Waals surface area contributed by atoms with Gasteiger partial charge in [0.1, 0.15) is 0 Å². The highest BCUT2D eigenvalue weighted by Gasteiger charge is 2.05. The molecule has 0 aromatic rings. The fraction of sp³-hybridized carbons (Fsp3) is 0.692. The molecule has 0 aliphatic heterocycles. The maximum Gasteiger partial charge on any atom is 0.0123 e. The molecule has 0 radical (unpaired) electrons. The van der Waals surface area contributed by atoms with Gasteiger partial charge in [0.05, 0.1) is 0 Å². The second-order valence-corrected chi connectivity index (χ2v) is 4.40. The van der Waals surface area contributed by atoms with Crippen LogP contribution in [0.2, 0.25) is 0 Å². The number of unbranched alkanes of at least 4 members (excludes halogenated alkanes) is 1. The predicted octanol–water partition coefficient (Wildman–Crippen LogP) is 3.12. The van der Waals surface area contributed by atoms with Crippen LogP contribution >= 0.6 is 0 Å². The summed E-state index contributed by atoms with van der Waals surface area (Å²) in [4.78, 5) is 0. The van der Waals surface area contributed by atoms with E-state index < -0.39 is 0 Å². The molecule has 1 nitrogen and oxygen atoms in total. The van der Waals surface area contributed by atoms with Crippen molar-refractivity contribution in [3.05, 3.63) is 12.2 Å². The van der Waals surface area contributed by atoms with E-state index in [1.807, 2.05) is 6.92 Å². The third kappa shape index (κ3) is 11.3. The molecule has 0 amide bonds. The molecular weight excluding hydrogens is 170 g/mol. The lowest BCUT2D eigenvalue weighted by Gasteiger charge is -2.19. The largest absolute Gasteiger partial charge is 0.312 e. The third-order valence-corrected chi connectivity index (χ3v) is 1.75. The van der Waals surface area contributed by atoms with Crippen molar-refractivity contribution in [2.24, 2.45) is 0 Å². The first-order chi connectivity index (χ1) is 6.56. The standard InChI is InChI=1S/C13H23N/c1-5-6-7-8-9-10-11-12-14-13(2,3)4/h9-10,14H,7-8,11-12H2,1-4H3/b10-9+. The maximum absolute atomic E-state index is 3.44. The fourth-order valence-corrected chi connectivity index (χ4v) is 1.05. The van der Waals surface area contributed by atoms with E-state index in [2.05, 4.69) is 50.1 Å². The van der Waals surface area contributed by atoms with E-state index in [4.69, 9.17) is 0 Å². The third-order valence-electron chi connectivity index (χ3n) is 1.75. The summed E-state index contributed by atoms with van der Waals surface area (Å²) >= 11 is 0. The monoisotopic (exact) mass is 193 g/mol. The average molecular weight is 193 g/mol. The molecule has 0 unspecified atom stereocenters. The molecule has 14 heavy (non-hydrogen) atoms. The molecule has 0 fully saturated rings. The molecule has 1 N–H and O–H groups in total. The van der Waals surface area contributed by atoms with Gasteiger partial charge in [-0.3, -0.25) is 0 Å². The molecule has 1 heteroatoms. The first kappa shape index (κ1) is 13.3. The number of nitrogens with one attached hydrogen (secondary N) is 1. The molecule has 0 heterocycles. The van der Waals surface area contributed by atoms with Crippen LogP contribution in [-0.2, 0) is 0 Å². The molecule has 0 rings (SSSR count). The lowest BCUT2D eigenvalue weighted by molar-refractivity contribution is 0.431. The highest BCUT2D eigenvalue weighted by molar-refractivity contribution is 4.97. The van der Waals surface area contributed by atoms with Gasteiger partial charge in [0.2, 0.25) is 0 Å². The highest BCUT2D eigenvalue weighted by atomic mass is 14.9. The summed E-state index contributed by atoms with van der Waals surface area (Å²) in [5.41, 5.74) is 0.238. The van der Waals surface area contributed by atoms with E-state index in [0.717, 1.165) is 25.8 Å². The molecular formula is C13H23N. The first-order valence-corrected chi connectivity index (χ1v) is 5.36. The Balaban J connectivity index is 3.30. The SMILES string of the molecule is CC#CCC/C=C/CCNC(C)(C)C. The summed E-state index contributed by atoms with van der Waals surface area (Å²) in [5.74, 6) is 5.94. The Morgan fingerprint density at radius 2 is 1.79 bits per heavy atom. The summed E-state index contributed by atoms with van der Waals surface area (Å²) in [5, 5.41) is 3.44. The van der Waals surface area contributed by atoms with Crippen LogP contribution in [0.1, 0.15) is 47.0 Å². The Morgan fingerprint density at radius 1 is 1.14 bits per heavy atom. The second-order valence-electron chi connectivity index (χ2n) is 4.40. The Bertz CT molecular complexity index is 210. The van der Waals surface area contributed by atoms with Crippen LogP contribution in [-0.4, -0.2) is 12.1 Å². The van der Waals surface area contributed by atoms with Gasteiger partial charge < -0.3 is 5.32 Å². The average Bonchev–Trinajstić information content (AvgIpc) is 2.08. The summed E-state index contributed by atoms with van der Waals surface area (Å²) in [6.07, 6.45) is 7.62. The van der Waals surface area contributed by atoms with Crippen LogP contribution < -0.4 is 5.32 Å². The van der Waals surface area contributed by atoms with Gasteiger partial charge in [-0.1, -0.05) is 12.2 Å². The predicted molar refractivity (Wildman–Crippen MR) is 64.2 cm³/mol. The molecule has 80 valence electrons. The second kappa shape index (κ2) is 7.64. The topological polar surface area (TPSA) is 12.0 Å². The van der Waals surface area contributed by atoms with Gasteiger partial charge in [0.25, 0.3) is 0 Å². The van der Waals surface area contributed by atoms with Crippen molar-refractivity contribution in [3.63, 3.8) is 0 Å². The van der Waals surface area contributed by atoms with Crippen LogP contribution in [0.25, 0.3) is 0 Å². The van der Waals surface area contributed by atoms with E-state index in [9.17, 15) is 0 Å². The molecule has 0 atom stereocenters. The van der Waals surface area contributed by atoms with Gasteiger partial charge in [-0.25, -0.2) is 0 Å². The Kier molecular flexibility index (Phi) is 7.24. The molecule has 0 saturated heterocycles. The van der Waals surface area contributed by atoms with Gasteiger partial charge >= 0.3 is 0 Å². The lowest BCUT2D eigenvalue weighted by Crippen LogP contribution is -2.36. The van der Waals surface area contributed by atoms with Crippen molar-refractivity contribution in [1.82, 2.24) is 5.32 Å². The van der Waals surface area contributed by atoms with E-state index in [0.29, 0.717) is 0 Å². The number of rotatable bonds is 5. The van der Waals surface area contributed by atoms with Crippen LogP contribution in [0.5, 0.6) is 0 Å². The molecule has 0 saturated carbocycles. The zero-order chi connectivity index (χ0) is 10.9. The van der Waals surface area contributed by atoms with E-state index in [-0.39, 0.29) is 5.54 Å². The first-order valence-electron chi connectivity index (χ1n) is 5.36. The van der Waals surface area contributed by atoms with Gasteiger partial charge in [0.15, 0.2) is 0 Å². The normalized spacial score (nSPS) is 11.4. The van der Waals surface area contributed by atoms with Gasteiger partial charge in [-0.2, -0.15) is 0 Å². The molecule has 0 spiro atoms. The fourth-order valence-electron chi connectivity index (χ4n) is 1.05. The lowest BCUT2D eigenvalue weighted by atomic mass is 10.1. The van der Waals surface area contributed by atoms with Crippen molar-refractivity contribution in [2.75, 3.05) is 6.54 Å². The number of allylic oxidation sites excluding steroid dienone is 1.